The summed E-state index contributed by atoms with van der Waals surface area (Å²) in [5, 5.41) is 43.8. The summed E-state index contributed by atoms with van der Waals surface area (Å²) < 4.78 is 29.4. The van der Waals surface area contributed by atoms with Crippen LogP contribution in [-0.4, -0.2) is 93.1 Å². The molecule has 13 heteroatoms. The standard InChI is InChI=1S/C45H61N5O7S/c1-32(57-45(54)17-8-3-2-7-16-40-41(44(53)27-43(40)52)22-21-39(51)20-18-33-11-5-4-6-12-33)50(58(55)56)30-35-14-9-13-34(25-35)29-49-24-10-15-38(31-49)47-37-19-23-42-36(26-37)28-46-48-42/h2,4-7,9,11-14,19,23,25-26,28,32,38-41,43-44,47,51-53H,3,8,10,15-18,20-22,24,27,29-31H2,1H3,(H,46,48)(H,55,56)/t32?,38-,39-,40+,41+,43-,44+/m0/s1. The molecular weight excluding hydrogens is 755 g/mol. The first kappa shape index (κ1) is 43.6. The highest BCUT2D eigenvalue weighted by molar-refractivity contribution is 7.76. The monoisotopic (exact) mass is 815 g/mol. The number of carbonyl (C=O) groups is 1. The summed E-state index contributed by atoms with van der Waals surface area (Å²) in [5.41, 5.74) is 5.26. The van der Waals surface area contributed by atoms with Gasteiger partial charge >= 0.3 is 5.97 Å². The number of aromatic amines is 1. The minimum absolute atomic E-state index is 0.0781. The number of anilines is 1. The molecule has 2 unspecified atom stereocenters. The Balaban J connectivity index is 0.897. The van der Waals surface area contributed by atoms with Gasteiger partial charge in [-0.2, -0.15) is 9.40 Å². The van der Waals surface area contributed by atoms with Gasteiger partial charge in [0, 0.05) is 43.2 Å². The van der Waals surface area contributed by atoms with Crippen LogP contribution in [0.5, 0.6) is 0 Å². The molecule has 8 atom stereocenters. The van der Waals surface area contributed by atoms with Gasteiger partial charge in [-0.25, -0.2) is 4.21 Å². The fourth-order valence-corrected chi connectivity index (χ4v) is 9.17. The number of carbonyl (C=O) groups excluding carboxylic acids is 1. The summed E-state index contributed by atoms with van der Waals surface area (Å²) in [6.45, 7) is 4.41. The number of nitrogens with one attached hydrogen (secondary N) is 2. The van der Waals surface area contributed by atoms with Crippen molar-refractivity contribution in [1.82, 2.24) is 19.4 Å². The normalized spacial score (nSPS) is 23.0. The van der Waals surface area contributed by atoms with E-state index in [0.29, 0.717) is 51.0 Å². The van der Waals surface area contributed by atoms with Crippen molar-refractivity contribution in [3.63, 3.8) is 0 Å². The minimum atomic E-state index is -2.36. The topological polar surface area (TPSA) is 171 Å². The predicted molar refractivity (Wildman–Crippen MR) is 228 cm³/mol. The zero-order valence-electron chi connectivity index (χ0n) is 33.6. The molecule has 6 N–H and O–H groups in total. The third-order valence-corrected chi connectivity index (χ3v) is 12.6. The molecule has 1 aliphatic heterocycles. The first-order valence-electron chi connectivity index (χ1n) is 20.9. The Labute approximate surface area is 345 Å². The van der Waals surface area contributed by atoms with E-state index in [0.717, 1.165) is 66.6 Å². The summed E-state index contributed by atoms with van der Waals surface area (Å²) in [4.78, 5) is 15.2. The van der Waals surface area contributed by atoms with Gasteiger partial charge in [-0.3, -0.25) is 19.3 Å². The van der Waals surface area contributed by atoms with E-state index >= 15 is 0 Å². The van der Waals surface area contributed by atoms with Crippen molar-refractivity contribution in [1.29, 1.82) is 0 Å². The van der Waals surface area contributed by atoms with Gasteiger partial charge in [-0.15, -0.1) is 0 Å². The largest absolute Gasteiger partial charge is 0.446 e. The van der Waals surface area contributed by atoms with Gasteiger partial charge in [0.15, 0.2) is 6.23 Å². The highest BCUT2D eigenvalue weighted by atomic mass is 32.2. The second kappa shape index (κ2) is 21.9. The number of unbranched alkanes of at least 4 members (excludes halogenated alkanes) is 1. The Morgan fingerprint density at radius 1 is 1.03 bits per heavy atom. The zero-order valence-corrected chi connectivity index (χ0v) is 34.4. The van der Waals surface area contributed by atoms with E-state index in [1.165, 1.54) is 9.87 Å². The van der Waals surface area contributed by atoms with Gasteiger partial charge in [0.25, 0.3) is 0 Å². The van der Waals surface area contributed by atoms with Crippen molar-refractivity contribution in [2.24, 2.45) is 11.8 Å². The number of rotatable bonds is 21. The van der Waals surface area contributed by atoms with E-state index in [1.807, 2.05) is 54.7 Å². The molecule has 1 aliphatic carbocycles. The molecule has 1 aromatic heterocycles. The van der Waals surface area contributed by atoms with Gasteiger partial charge < -0.3 is 25.4 Å². The maximum Gasteiger partial charge on any atom is 0.307 e. The lowest BCUT2D eigenvalue weighted by atomic mass is 9.85. The second-order valence-corrected chi connectivity index (χ2v) is 17.1. The first-order chi connectivity index (χ1) is 28.1. The third kappa shape index (κ3) is 13.0. The molecule has 6 rings (SSSR count). The molecule has 4 aromatic rings. The Morgan fingerprint density at radius 2 is 1.83 bits per heavy atom. The number of hydrogen-bond acceptors (Lipinski definition) is 9. The van der Waals surface area contributed by atoms with Crippen molar-refractivity contribution in [3.05, 3.63) is 108 Å². The van der Waals surface area contributed by atoms with Crippen molar-refractivity contribution >= 4 is 33.8 Å². The van der Waals surface area contributed by atoms with Gasteiger partial charge in [0.05, 0.1) is 30.0 Å². The number of aliphatic hydroxyl groups excluding tert-OH is 3. The van der Waals surface area contributed by atoms with Crippen LogP contribution in [0, 0.1) is 11.8 Å². The number of benzene rings is 3. The summed E-state index contributed by atoms with van der Waals surface area (Å²) in [5.74, 6) is -0.604. The van der Waals surface area contributed by atoms with E-state index < -0.39 is 41.8 Å². The van der Waals surface area contributed by atoms with Crippen LogP contribution in [0.3, 0.4) is 0 Å². The number of hydrogen-bond donors (Lipinski definition) is 6. The number of aliphatic hydroxyl groups is 3. The predicted octanol–water partition coefficient (Wildman–Crippen LogP) is 6.72. The van der Waals surface area contributed by atoms with E-state index in [9.17, 15) is 28.9 Å². The van der Waals surface area contributed by atoms with Crippen LogP contribution >= 0.6 is 0 Å². The average molecular weight is 816 g/mol. The molecule has 0 spiro atoms. The molecule has 1 saturated carbocycles. The lowest BCUT2D eigenvalue weighted by Gasteiger charge is -2.34. The summed E-state index contributed by atoms with van der Waals surface area (Å²) >= 11 is -2.36. The van der Waals surface area contributed by atoms with Crippen LogP contribution in [0.4, 0.5) is 5.69 Å². The number of nitrogens with zero attached hydrogens (tertiary/aromatic N) is 3. The number of aromatic nitrogens is 2. The molecule has 2 heterocycles. The molecule has 314 valence electrons. The molecule has 2 aliphatic rings. The van der Waals surface area contributed by atoms with Gasteiger partial charge in [-0.1, -0.05) is 66.7 Å². The van der Waals surface area contributed by atoms with Crippen LogP contribution in [0.1, 0.15) is 87.8 Å². The molecule has 1 saturated heterocycles. The van der Waals surface area contributed by atoms with Crippen LogP contribution in [0.2, 0.25) is 0 Å². The SMILES string of the molecule is CC(OC(=O)CCCC=CC[C@@H]1[C@@H](CC[C@@H](O)CCc2ccccc2)[C@H](O)C[C@@H]1O)N(Cc1cccc(CN2CCC[C@H](Nc3ccc4[nH]ncc4c3)C2)c1)S(=O)O. The van der Waals surface area contributed by atoms with Crippen molar-refractivity contribution < 1.29 is 33.6 Å². The summed E-state index contributed by atoms with van der Waals surface area (Å²) in [6.07, 6.45) is 10.5. The Kier molecular flexibility index (Phi) is 16.5. The maximum absolute atomic E-state index is 12.8. The number of allylic oxidation sites excluding steroid dienone is 2. The molecule has 0 bridgehead atoms. The molecular formula is C45H61N5O7S. The number of esters is 1. The Bertz CT molecular complexity index is 1930. The first-order valence-corrected chi connectivity index (χ1v) is 22.0. The van der Waals surface area contributed by atoms with E-state index in [-0.39, 0.29) is 24.8 Å². The van der Waals surface area contributed by atoms with Crippen molar-refractivity contribution in [3.8, 4) is 0 Å². The van der Waals surface area contributed by atoms with Crippen LogP contribution in [0.25, 0.3) is 10.9 Å². The molecule has 0 amide bonds. The van der Waals surface area contributed by atoms with Crippen LogP contribution < -0.4 is 5.32 Å². The minimum Gasteiger partial charge on any atom is -0.446 e. The number of likely N-dealkylation sites (tertiary alicyclic amines) is 1. The van der Waals surface area contributed by atoms with Crippen molar-refractivity contribution in [2.75, 3.05) is 18.4 Å². The summed E-state index contributed by atoms with van der Waals surface area (Å²) in [7, 11) is 0. The number of piperidine rings is 1. The van der Waals surface area contributed by atoms with Gasteiger partial charge in [0.1, 0.15) is 0 Å². The third-order valence-electron chi connectivity index (χ3n) is 11.8. The fraction of sp³-hybridized carbons (Fsp3) is 0.511. The molecule has 12 nitrogen and oxygen atoms in total. The lowest BCUT2D eigenvalue weighted by molar-refractivity contribution is -0.153. The molecule has 58 heavy (non-hydrogen) atoms. The van der Waals surface area contributed by atoms with E-state index in [4.69, 9.17) is 4.74 Å². The molecule has 0 radical (unpaired) electrons. The van der Waals surface area contributed by atoms with E-state index in [1.54, 1.807) is 6.92 Å². The Morgan fingerprint density at radius 3 is 2.66 bits per heavy atom. The highest BCUT2D eigenvalue weighted by Crippen LogP contribution is 2.38. The van der Waals surface area contributed by atoms with Crippen LogP contribution in [0.15, 0.2) is 91.1 Å². The number of ether oxygens (including phenoxy) is 1. The average Bonchev–Trinajstić information content (AvgIpc) is 3.79. The molecule has 3 aromatic carbocycles. The maximum atomic E-state index is 12.8. The number of aryl methyl sites for hydroxylation is 1. The number of H-pyrrole nitrogens is 1. The lowest BCUT2D eigenvalue weighted by Crippen LogP contribution is -2.41. The smallest absolute Gasteiger partial charge is 0.307 e. The van der Waals surface area contributed by atoms with E-state index in [2.05, 4.69) is 56.8 Å². The highest BCUT2D eigenvalue weighted by Gasteiger charge is 2.40. The second-order valence-electron chi connectivity index (χ2n) is 16.2. The molecule has 2 fully saturated rings. The number of fused-ring (bicyclic) bond motifs is 1. The summed E-state index contributed by atoms with van der Waals surface area (Å²) in [6, 6.07) is 24.6. The fourth-order valence-electron chi connectivity index (χ4n) is 8.62. The zero-order chi connectivity index (χ0) is 40.9. The van der Waals surface area contributed by atoms with Gasteiger partial charge in [-0.05, 0) is 124 Å². The van der Waals surface area contributed by atoms with Crippen molar-refractivity contribution in [2.45, 2.75) is 121 Å². The Hall–Kier alpha value is -3.95. The quantitative estimate of drug-likeness (QED) is 0.0175. The van der Waals surface area contributed by atoms with Crippen LogP contribution in [-0.2, 0) is 40.3 Å². The van der Waals surface area contributed by atoms with Gasteiger partial charge in [0.2, 0.25) is 11.3 Å².